The highest BCUT2D eigenvalue weighted by Crippen LogP contribution is 2.45. The van der Waals surface area contributed by atoms with E-state index in [0.29, 0.717) is 13.1 Å². The van der Waals surface area contributed by atoms with Crippen LogP contribution in [0.4, 0.5) is 23.7 Å². The monoisotopic (exact) mass is 615 g/mol. The number of carbonyl (C=O) groups excluding carboxylic acids is 2. The first-order valence-corrected chi connectivity index (χ1v) is 13.2. The predicted molar refractivity (Wildman–Crippen MR) is 144 cm³/mol. The predicted octanol–water partition coefficient (Wildman–Crippen LogP) is 3.33. The van der Waals surface area contributed by atoms with Crippen LogP contribution in [0, 0.1) is 11.8 Å². The number of amides is 3. The first kappa shape index (κ1) is 28.1. The summed E-state index contributed by atoms with van der Waals surface area (Å²) in [5, 5.41) is 18.2. The van der Waals surface area contributed by atoms with Crippen molar-refractivity contribution in [2.24, 2.45) is 18.9 Å². The van der Waals surface area contributed by atoms with E-state index >= 15 is 0 Å². The lowest BCUT2D eigenvalue weighted by molar-refractivity contribution is -0.140. The van der Waals surface area contributed by atoms with Gasteiger partial charge in [-0.3, -0.25) is 9.59 Å². The molecule has 3 aromatic heterocycles. The molecule has 3 atom stereocenters. The van der Waals surface area contributed by atoms with Crippen LogP contribution in [0.5, 0.6) is 0 Å². The second-order valence-corrected chi connectivity index (χ2v) is 10.5. The second-order valence-electron chi connectivity index (χ2n) is 10.1. The SMILES string of the molecule is Cn1c(-c2cn(-c3ncccn3)nc2C(F)(F)F)cnc1C(=O)Nc1ccc(C(=O)NC2[C@H]3CN(C(=O)O)C[C@@H]23)c(Cl)c1. The highest BCUT2D eigenvalue weighted by Gasteiger charge is 2.57. The molecule has 222 valence electrons. The molecule has 43 heavy (non-hydrogen) atoms. The molecule has 0 radical (unpaired) electrons. The first-order chi connectivity index (χ1) is 20.4. The average molecular weight is 616 g/mol. The van der Waals surface area contributed by atoms with Gasteiger partial charge in [0, 0.05) is 62.3 Å². The van der Waals surface area contributed by atoms with Gasteiger partial charge in [-0.15, -0.1) is 0 Å². The van der Waals surface area contributed by atoms with Crippen LogP contribution >= 0.6 is 11.6 Å². The normalized spacial score (nSPS) is 19.2. The number of piperidine rings is 1. The fourth-order valence-corrected chi connectivity index (χ4v) is 5.51. The summed E-state index contributed by atoms with van der Waals surface area (Å²) in [6.45, 7) is 0.722. The largest absolute Gasteiger partial charge is 0.465 e. The topological polar surface area (TPSA) is 160 Å². The van der Waals surface area contributed by atoms with Gasteiger partial charge in [-0.1, -0.05) is 11.6 Å². The number of alkyl halides is 3. The Morgan fingerprint density at radius 2 is 1.77 bits per heavy atom. The molecule has 3 amide bonds. The zero-order chi connectivity index (χ0) is 30.6. The van der Waals surface area contributed by atoms with Gasteiger partial charge in [-0.05, 0) is 24.3 Å². The van der Waals surface area contributed by atoms with E-state index in [0.717, 1.165) is 17.1 Å². The summed E-state index contributed by atoms with van der Waals surface area (Å²) < 4.78 is 43.7. The number of anilines is 1. The van der Waals surface area contributed by atoms with Crippen LogP contribution in [0.1, 0.15) is 26.7 Å². The van der Waals surface area contributed by atoms with Gasteiger partial charge in [-0.25, -0.2) is 24.4 Å². The summed E-state index contributed by atoms with van der Waals surface area (Å²) in [5.74, 6) is -1.30. The highest BCUT2D eigenvalue weighted by atomic mass is 35.5. The van der Waals surface area contributed by atoms with E-state index in [9.17, 15) is 27.6 Å². The second kappa shape index (κ2) is 10.4. The number of likely N-dealkylation sites (tertiary alicyclic amines) is 1. The summed E-state index contributed by atoms with van der Waals surface area (Å²) in [6.07, 6.45) is -0.840. The number of nitrogens with one attached hydrogen (secondary N) is 2. The van der Waals surface area contributed by atoms with Gasteiger partial charge in [0.05, 0.1) is 28.0 Å². The van der Waals surface area contributed by atoms with Gasteiger partial charge >= 0.3 is 12.3 Å². The van der Waals surface area contributed by atoms with Crippen LogP contribution in [0.2, 0.25) is 5.02 Å². The number of nitrogens with zero attached hydrogens (tertiary/aromatic N) is 7. The Labute approximate surface area is 245 Å². The number of hydrogen-bond donors (Lipinski definition) is 3. The van der Waals surface area contributed by atoms with Crippen molar-refractivity contribution in [2.75, 3.05) is 18.4 Å². The minimum atomic E-state index is -4.82. The molecule has 1 aliphatic heterocycles. The Morgan fingerprint density at radius 1 is 1.07 bits per heavy atom. The standard InChI is InChI=1S/C26H21ClF3N9O4/c1-37-18(16-11-39(24-31-5-2-6-32-24)36-20(16)26(28,29)30)8-33-21(37)23(41)34-12-3-4-13(17(27)7-12)22(40)35-19-14-9-38(25(42)43)10-15(14)19/h2-8,11,14-15,19H,9-10H2,1H3,(H,34,41)(H,35,40)(H,42,43)/t14-,15+,19?. The Kier molecular flexibility index (Phi) is 6.79. The summed E-state index contributed by atoms with van der Waals surface area (Å²) in [5.41, 5.74) is -1.17. The Hall–Kier alpha value is -4.99. The molecule has 1 aliphatic carbocycles. The van der Waals surface area contributed by atoms with Crippen LogP contribution in [0.3, 0.4) is 0 Å². The van der Waals surface area contributed by atoms with Crippen molar-refractivity contribution in [1.29, 1.82) is 0 Å². The van der Waals surface area contributed by atoms with Gasteiger partial charge in [-0.2, -0.15) is 18.3 Å². The third-order valence-electron chi connectivity index (χ3n) is 7.44. The molecular formula is C26H21ClF3N9O4. The molecule has 17 heteroatoms. The van der Waals surface area contributed by atoms with Crippen LogP contribution in [-0.4, -0.2) is 76.3 Å². The molecule has 6 rings (SSSR count). The number of fused-ring (bicyclic) bond motifs is 1. The third kappa shape index (κ3) is 5.24. The smallest absolute Gasteiger partial charge is 0.435 e. The maximum Gasteiger partial charge on any atom is 0.435 e. The maximum absolute atomic E-state index is 13.9. The Morgan fingerprint density at radius 3 is 2.40 bits per heavy atom. The fourth-order valence-electron chi connectivity index (χ4n) is 5.24. The number of benzene rings is 1. The van der Waals surface area contributed by atoms with Crippen molar-refractivity contribution in [3.63, 3.8) is 0 Å². The zero-order valence-electron chi connectivity index (χ0n) is 22.1. The molecule has 0 spiro atoms. The number of imidazole rings is 1. The minimum Gasteiger partial charge on any atom is -0.465 e. The van der Waals surface area contributed by atoms with Crippen molar-refractivity contribution in [1.82, 2.24) is 39.5 Å². The van der Waals surface area contributed by atoms with Gasteiger partial charge in [0.15, 0.2) is 11.5 Å². The molecule has 0 bridgehead atoms. The molecule has 1 aromatic carbocycles. The first-order valence-electron chi connectivity index (χ1n) is 12.8. The fraction of sp³-hybridized carbons (Fsp3) is 0.269. The lowest BCUT2D eigenvalue weighted by Crippen LogP contribution is -2.36. The molecule has 1 saturated carbocycles. The summed E-state index contributed by atoms with van der Waals surface area (Å²) in [6, 6.07) is 5.61. The van der Waals surface area contributed by atoms with E-state index in [1.54, 1.807) is 0 Å². The van der Waals surface area contributed by atoms with Crippen LogP contribution in [-0.2, 0) is 13.2 Å². The van der Waals surface area contributed by atoms with Crippen molar-refractivity contribution >= 4 is 35.2 Å². The van der Waals surface area contributed by atoms with Crippen molar-refractivity contribution in [3.8, 4) is 17.2 Å². The van der Waals surface area contributed by atoms with Crippen LogP contribution in [0.15, 0.2) is 49.1 Å². The third-order valence-corrected chi connectivity index (χ3v) is 7.75. The quantitative estimate of drug-likeness (QED) is 0.298. The van der Waals surface area contributed by atoms with Crippen molar-refractivity contribution < 1.29 is 32.7 Å². The molecule has 2 aliphatic rings. The molecule has 13 nitrogen and oxygen atoms in total. The van der Waals surface area contributed by atoms with Crippen molar-refractivity contribution in [3.05, 3.63) is 71.2 Å². The van der Waals surface area contributed by atoms with Crippen LogP contribution in [0.25, 0.3) is 17.2 Å². The lowest BCUT2D eigenvalue weighted by Gasteiger charge is -2.16. The summed E-state index contributed by atoms with van der Waals surface area (Å²) >= 11 is 6.33. The molecule has 1 saturated heterocycles. The molecule has 1 unspecified atom stereocenters. The lowest BCUT2D eigenvalue weighted by atomic mass is 10.2. The zero-order valence-corrected chi connectivity index (χ0v) is 22.8. The number of halogens is 4. The van der Waals surface area contributed by atoms with Gasteiger partial charge in [0.25, 0.3) is 11.8 Å². The Balaban J connectivity index is 1.16. The highest BCUT2D eigenvalue weighted by molar-refractivity contribution is 6.34. The molecular weight excluding hydrogens is 595 g/mol. The summed E-state index contributed by atoms with van der Waals surface area (Å²) in [7, 11) is 1.39. The average Bonchev–Trinajstić information content (AvgIpc) is 3.40. The van der Waals surface area contributed by atoms with E-state index in [1.165, 1.54) is 53.2 Å². The van der Waals surface area contributed by atoms with E-state index in [4.69, 9.17) is 16.7 Å². The van der Waals surface area contributed by atoms with E-state index in [-0.39, 0.29) is 57.2 Å². The molecule has 4 aromatic rings. The number of aromatic nitrogens is 6. The summed E-state index contributed by atoms with van der Waals surface area (Å²) in [4.78, 5) is 50.1. The van der Waals surface area contributed by atoms with E-state index < -0.39 is 29.8 Å². The molecule has 4 heterocycles. The number of hydrogen-bond acceptors (Lipinski definition) is 7. The molecule has 3 N–H and O–H groups in total. The van der Waals surface area contributed by atoms with E-state index in [2.05, 4.69) is 30.7 Å². The van der Waals surface area contributed by atoms with Crippen LogP contribution < -0.4 is 10.6 Å². The van der Waals surface area contributed by atoms with Gasteiger partial charge in [0.2, 0.25) is 5.95 Å². The number of carbonyl (C=O) groups is 3. The Bertz CT molecular complexity index is 1750. The number of rotatable bonds is 6. The van der Waals surface area contributed by atoms with E-state index in [1.807, 2.05) is 0 Å². The van der Waals surface area contributed by atoms with Gasteiger partial charge < -0.3 is 25.2 Å². The van der Waals surface area contributed by atoms with Crippen molar-refractivity contribution in [2.45, 2.75) is 12.2 Å². The minimum absolute atomic E-state index is 0.0268. The van der Waals surface area contributed by atoms with Gasteiger partial charge in [0.1, 0.15) is 0 Å². The maximum atomic E-state index is 13.9. The number of carboxylic acid groups (broad SMARTS) is 1. The molecule has 2 fully saturated rings.